The number of hydrogen-bond acceptors (Lipinski definition) is 5. The molecule has 0 saturated carbocycles. The molecule has 11 heteroatoms. The summed E-state index contributed by atoms with van der Waals surface area (Å²) in [6, 6.07) is 9.40. The van der Waals surface area contributed by atoms with Gasteiger partial charge in [-0.15, -0.1) is 0 Å². The summed E-state index contributed by atoms with van der Waals surface area (Å²) in [5.74, 6) is -2.05. The molecule has 0 unspecified atom stereocenters. The largest absolute Gasteiger partial charge is 0.496 e. The van der Waals surface area contributed by atoms with Gasteiger partial charge in [0.25, 0.3) is 0 Å². The van der Waals surface area contributed by atoms with E-state index >= 15 is 8.78 Å². The molecular formula is C36H36F5NO5. The second-order valence-corrected chi connectivity index (χ2v) is 12.9. The molecule has 3 aromatic carbocycles. The topological polar surface area (TPSA) is 65.1 Å². The Kier molecular flexibility index (Phi) is 9.14. The van der Waals surface area contributed by atoms with E-state index < -0.39 is 47.6 Å². The number of amides is 1. The summed E-state index contributed by atoms with van der Waals surface area (Å²) in [5, 5.41) is 0. The maximum absolute atomic E-state index is 15.5. The van der Waals surface area contributed by atoms with Crippen molar-refractivity contribution in [3.63, 3.8) is 0 Å². The SMILES string of the molecule is COC(=O)c1ccc(-c2cc(C3=C(CN4C(=O)O[C@H](c5cc(C)cc(C(F)(F)F)c5)[C@@H]4C)CC(C)(C)CC3)c(OC)cc2F)c(F)c1. The number of ether oxygens (including phenoxy) is 3. The number of carbonyl (C=O) groups excluding carboxylic acids is 2. The number of cyclic esters (lactones) is 1. The zero-order valence-electron chi connectivity index (χ0n) is 27.0. The fraction of sp³-hybridized carbons (Fsp3) is 0.389. The summed E-state index contributed by atoms with van der Waals surface area (Å²) in [6.45, 7) is 7.59. The Balaban J connectivity index is 1.56. The minimum atomic E-state index is -4.56. The van der Waals surface area contributed by atoms with Crippen LogP contribution in [-0.4, -0.2) is 43.8 Å². The van der Waals surface area contributed by atoms with Gasteiger partial charge in [-0.1, -0.05) is 31.5 Å². The number of aryl methyl sites for hydroxylation is 1. The zero-order chi connectivity index (χ0) is 34.4. The van der Waals surface area contributed by atoms with Crippen molar-refractivity contribution in [2.24, 2.45) is 5.41 Å². The molecular weight excluding hydrogens is 621 g/mol. The lowest BCUT2D eigenvalue weighted by Gasteiger charge is -2.36. The minimum absolute atomic E-state index is 0.0207. The molecule has 1 saturated heterocycles. The number of rotatable bonds is 7. The van der Waals surface area contributed by atoms with E-state index in [4.69, 9.17) is 9.47 Å². The lowest BCUT2D eigenvalue weighted by molar-refractivity contribution is -0.137. The zero-order valence-corrected chi connectivity index (χ0v) is 27.0. The Morgan fingerprint density at radius 1 is 1.00 bits per heavy atom. The Morgan fingerprint density at radius 2 is 1.70 bits per heavy atom. The van der Waals surface area contributed by atoms with E-state index in [1.165, 1.54) is 43.4 Å². The van der Waals surface area contributed by atoms with Gasteiger partial charge in [0.15, 0.2) is 0 Å². The number of esters is 1. The summed E-state index contributed by atoms with van der Waals surface area (Å²) in [4.78, 5) is 26.7. The summed E-state index contributed by atoms with van der Waals surface area (Å²) in [6.07, 6.45) is -4.28. The van der Waals surface area contributed by atoms with E-state index in [0.29, 0.717) is 24.0 Å². The van der Waals surface area contributed by atoms with Gasteiger partial charge in [-0.2, -0.15) is 13.2 Å². The average Bonchev–Trinajstić information content (AvgIpc) is 3.28. The molecule has 1 aliphatic carbocycles. The van der Waals surface area contributed by atoms with Crippen LogP contribution in [0.5, 0.6) is 5.75 Å². The lowest BCUT2D eigenvalue weighted by Crippen LogP contribution is -2.35. The number of benzene rings is 3. The quantitative estimate of drug-likeness (QED) is 0.187. The van der Waals surface area contributed by atoms with Crippen molar-refractivity contribution in [1.29, 1.82) is 0 Å². The second-order valence-electron chi connectivity index (χ2n) is 12.9. The van der Waals surface area contributed by atoms with Crippen LogP contribution in [0, 0.1) is 24.0 Å². The molecule has 250 valence electrons. The minimum Gasteiger partial charge on any atom is -0.496 e. The van der Waals surface area contributed by atoms with Crippen LogP contribution >= 0.6 is 0 Å². The van der Waals surface area contributed by atoms with E-state index in [1.807, 2.05) is 0 Å². The average molecular weight is 658 g/mol. The van der Waals surface area contributed by atoms with Crippen LogP contribution in [-0.2, 0) is 15.7 Å². The number of methoxy groups -OCH3 is 2. The van der Waals surface area contributed by atoms with Crippen molar-refractivity contribution >= 4 is 17.6 Å². The van der Waals surface area contributed by atoms with E-state index in [2.05, 4.69) is 18.6 Å². The molecule has 47 heavy (non-hydrogen) atoms. The van der Waals surface area contributed by atoms with Crippen molar-refractivity contribution in [3.8, 4) is 16.9 Å². The van der Waals surface area contributed by atoms with E-state index in [1.54, 1.807) is 19.9 Å². The summed E-state index contributed by atoms with van der Waals surface area (Å²) in [7, 11) is 2.58. The van der Waals surface area contributed by atoms with Crippen LogP contribution in [0.4, 0.5) is 26.7 Å². The summed E-state index contributed by atoms with van der Waals surface area (Å²) < 4.78 is 87.4. The first-order valence-corrected chi connectivity index (χ1v) is 15.2. The van der Waals surface area contributed by atoms with Gasteiger partial charge in [-0.25, -0.2) is 18.4 Å². The van der Waals surface area contributed by atoms with Gasteiger partial charge in [0.2, 0.25) is 0 Å². The highest BCUT2D eigenvalue weighted by molar-refractivity contribution is 5.90. The Bertz CT molecular complexity index is 1760. The van der Waals surface area contributed by atoms with Crippen LogP contribution in [0.1, 0.15) is 78.7 Å². The van der Waals surface area contributed by atoms with Crippen molar-refractivity contribution < 1.29 is 45.8 Å². The van der Waals surface area contributed by atoms with Gasteiger partial charge >= 0.3 is 18.2 Å². The molecule has 5 rings (SSSR count). The third kappa shape index (κ3) is 6.84. The first-order chi connectivity index (χ1) is 22.0. The predicted octanol–water partition coefficient (Wildman–Crippen LogP) is 9.30. The maximum Gasteiger partial charge on any atom is 0.416 e. The fourth-order valence-electron chi connectivity index (χ4n) is 6.54. The van der Waals surface area contributed by atoms with Gasteiger partial charge in [0.1, 0.15) is 23.5 Å². The van der Waals surface area contributed by atoms with E-state index in [-0.39, 0.29) is 40.0 Å². The fourth-order valence-corrected chi connectivity index (χ4v) is 6.54. The number of nitrogens with zero attached hydrogens (tertiary/aromatic N) is 1. The normalized spacial score (nSPS) is 19.6. The van der Waals surface area contributed by atoms with Crippen LogP contribution < -0.4 is 4.74 Å². The highest BCUT2D eigenvalue weighted by Crippen LogP contribution is 2.47. The van der Waals surface area contributed by atoms with Gasteiger partial charge in [-0.3, -0.25) is 4.90 Å². The standard InChI is InChI=1S/C36H36F5NO5/c1-19-11-22(13-24(12-19)36(39,40)41)32-20(2)42(34(44)47-32)18-23-17-35(3,4)10-9-25(23)28-15-27(30(38)16-31(28)45-5)26-8-7-21(14-29(26)37)33(43)46-6/h7-8,11-16,20,32H,9-10,17-18H2,1-6H3/t20-,32-/m0/s1. The number of hydrogen-bond donors (Lipinski definition) is 0. The molecule has 0 radical (unpaired) electrons. The summed E-state index contributed by atoms with van der Waals surface area (Å²) in [5.41, 5.74) is 1.72. The smallest absolute Gasteiger partial charge is 0.416 e. The van der Waals surface area contributed by atoms with E-state index in [9.17, 15) is 22.8 Å². The molecule has 6 nitrogen and oxygen atoms in total. The lowest BCUT2D eigenvalue weighted by atomic mass is 9.72. The maximum atomic E-state index is 15.5. The predicted molar refractivity (Wildman–Crippen MR) is 166 cm³/mol. The third-order valence-electron chi connectivity index (χ3n) is 8.97. The number of allylic oxidation sites excluding steroid dienone is 1. The molecule has 1 fully saturated rings. The Morgan fingerprint density at radius 3 is 2.34 bits per heavy atom. The van der Waals surface area contributed by atoms with Crippen molar-refractivity contribution in [1.82, 2.24) is 4.90 Å². The number of halogens is 5. The molecule has 0 N–H and O–H groups in total. The first-order valence-electron chi connectivity index (χ1n) is 15.2. The molecule has 0 aromatic heterocycles. The molecule has 2 atom stereocenters. The Hall–Kier alpha value is -4.41. The van der Waals surface area contributed by atoms with Crippen LogP contribution in [0.25, 0.3) is 16.7 Å². The highest BCUT2D eigenvalue weighted by Gasteiger charge is 2.42. The van der Waals surface area contributed by atoms with Gasteiger partial charge in [0, 0.05) is 29.3 Å². The summed E-state index contributed by atoms with van der Waals surface area (Å²) >= 11 is 0. The first kappa shape index (κ1) is 33.9. The van der Waals surface area contributed by atoms with Gasteiger partial charge in [0.05, 0.1) is 31.4 Å². The van der Waals surface area contributed by atoms with Crippen molar-refractivity contribution in [2.45, 2.75) is 65.3 Å². The van der Waals surface area contributed by atoms with Crippen LogP contribution in [0.2, 0.25) is 0 Å². The molecule has 2 aliphatic rings. The Labute approximate surface area is 270 Å². The van der Waals surface area contributed by atoms with Crippen molar-refractivity contribution in [2.75, 3.05) is 20.8 Å². The van der Waals surface area contributed by atoms with Crippen LogP contribution in [0.15, 0.2) is 54.1 Å². The number of carbonyl (C=O) groups is 2. The molecule has 3 aromatic rings. The highest BCUT2D eigenvalue weighted by atomic mass is 19.4. The van der Waals surface area contributed by atoms with E-state index in [0.717, 1.165) is 35.8 Å². The van der Waals surface area contributed by atoms with Gasteiger partial charge < -0.3 is 14.2 Å². The monoisotopic (exact) mass is 657 g/mol. The third-order valence-corrected chi connectivity index (χ3v) is 8.97. The molecule has 0 spiro atoms. The van der Waals surface area contributed by atoms with Crippen LogP contribution in [0.3, 0.4) is 0 Å². The molecule has 0 bridgehead atoms. The molecule has 1 amide bonds. The van der Waals surface area contributed by atoms with Crippen molar-refractivity contribution in [3.05, 3.63) is 93.6 Å². The van der Waals surface area contributed by atoms with Gasteiger partial charge in [-0.05, 0) is 85.6 Å². The molecule has 1 aliphatic heterocycles. The molecule has 1 heterocycles. The number of alkyl halides is 3. The second kappa shape index (κ2) is 12.7.